The number of benzene rings is 1. The molecule has 110 valence electrons. The monoisotopic (exact) mass is 279 g/mol. The Labute approximate surface area is 119 Å². The highest BCUT2D eigenvalue weighted by atomic mass is 16.5. The molecule has 0 aliphatic rings. The molecular weight excluding hydrogens is 258 g/mol. The first-order valence-electron chi connectivity index (χ1n) is 6.47. The lowest BCUT2D eigenvalue weighted by Gasteiger charge is -2.23. The number of carbonyl (C=O) groups is 2. The molecule has 20 heavy (non-hydrogen) atoms. The van der Waals surface area contributed by atoms with Gasteiger partial charge in [-0.25, -0.2) is 4.79 Å². The third kappa shape index (κ3) is 4.06. The molecule has 0 fully saturated rings. The van der Waals surface area contributed by atoms with Gasteiger partial charge in [-0.15, -0.1) is 0 Å². The first kappa shape index (κ1) is 16.2. The molecule has 5 nitrogen and oxygen atoms in total. The van der Waals surface area contributed by atoms with Gasteiger partial charge < -0.3 is 14.8 Å². The fourth-order valence-electron chi connectivity index (χ4n) is 1.88. The highest BCUT2D eigenvalue weighted by molar-refractivity contribution is 5.87. The van der Waals surface area contributed by atoms with E-state index in [2.05, 4.69) is 5.32 Å². The molecule has 0 saturated heterocycles. The Morgan fingerprint density at radius 1 is 1.10 bits per heavy atom. The van der Waals surface area contributed by atoms with E-state index in [1.807, 2.05) is 32.0 Å². The molecule has 0 unspecified atom stereocenters. The molecule has 0 radical (unpaired) electrons. The van der Waals surface area contributed by atoms with Crippen LogP contribution in [-0.2, 0) is 19.1 Å². The van der Waals surface area contributed by atoms with Crippen LogP contribution in [0.25, 0.3) is 0 Å². The predicted octanol–water partition coefficient (Wildman–Crippen LogP) is 1.69. The summed E-state index contributed by atoms with van der Waals surface area (Å²) in [5.41, 5.74) is 0.736. The van der Waals surface area contributed by atoms with E-state index >= 15 is 0 Å². The molecule has 0 bridgehead atoms. The van der Waals surface area contributed by atoms with Gasteiger partial charge in [0.2, 0.25) is 0 Å². The van der Waals surface area contributed by atoms with E-state index in [9.17, 15) is 9.59 Å². The Bertz CT molecular complexity index is 444. The van der Waals surface area contributed by atoms with Crippen molar-refractivity contribution < 1.29 is 19.1 Å². The minimum Gasteiger partial charge on any atom is -0.467 e. The Balaban J connectivity index is 2.84. The topological polar surface area (TPSA) is 64.6 Å². The highest BCUT2D eigenvalue weighted by Crippen LogP contribution is 2.17. The van der Waals surface area contributed by atoms with Gasteiger partial charge in [0.05, 0.1) is 7.11 Å². The molecule has 0 aromatic heterocycles. The van der Waals surface area contributed by atoms with Gasteiger partial charge in [0.15, 0.2) is 6.10 Å². The zero-order valence-electron chi connectivity index (χ0n) is 12.3. The Morgan fingerprint density at radius 2 is 1.70 bits per heavy atom. The molecule has 1 aromatic carbocycles. The van der Waals surface area contributed by atoms with Gasteiger partial charge in [-0.1, -0.05) is 44.2 Å². The maximum absolute atomic E-state index is 12.3. The second kappa shape index (κ2) is 7.65. The van der Waals surface area contributed by atoms with Crippen LogP contribution in [0, 0.1) is 5.92 Å². The van der Waals surface area contributed by atoms with Crippen molar-refractivity contribution in [2.24, 2.45) is 5.92 Å². The van der Waals surface area contributed by atoms with Gasteiger partial charge in [0, 0.05) is 7.11 Å². The van der Waals surface area contributed by atoms with Gasteiger partial charge >= 0.3 is 5.97 Å². The number of carbonyl (C=O) groups excluding carboxylic acids is 2. The van der Waals surface area contributed by atoms with Gasteiger partial charge in [-0.05, 0) is 11.5 Å². The lowest BCUT2D eigenvalue weighted by molar-refractivity contribution is -0.148. The summed E-state index contributed by atoms with van der Waals surface area (Å²) in [6.07, 6.45) is -0.748. The average Bonchev–Trinajstić information content (AvgIpc) is 2.45. The Morgan fingerprint density at radius 3 is 2.15 bits per heavy atom. The number of esters is 1. The van der Waals surface area contributed by atoms with Crippen LogP contribution >= 0.6 is 0 Å². The van der Waals surface area contributed by atoms with Crippen molar-refractivity contribution in [1.82, 2.24) is 5.32 Å². The maximum Gasteiger partial charge on any atom is 0.328 e. The quantitative estimate of drug-likeness (QED) is 0.805. The molecular formula is C15H21NO4. The number of methoxy groups -OCH3 is 2. The number of rotatable bonds is 6. The molecule has 0 heterocycles. The number of amides is 1. The lowest BCUT2D eigenvalue weighted by atomic mass is 10.0. The van der Waals surface area contributed by atoms with Crippen molar-refractivity contribution in [3.05, 3.63) is 35.9 Å². The first-order valence-corrected chi connectivity index (χ1v) is 6.47. The Kier molecular flexibility index (Phi) is 6.18. The van der Waals surface area contributed by atoms with E-state index in [1.54, 1.807) is 12.1 Å². The molecule has 0 spiro atoms. The summed E-state index contributed by atoms with van der Waals surface area (Å²) in [7, 11) is 2.76. The zero-order chi connectivity index (χ0) is 15.1. The number of hydrogen-bond acceptors (Lipinski definition) is 4. The van der Waals surface area contributed by atoms with E-state index in [0.29, 0.717) is 0 Å². The molecule has 1 amide bonds. The summed E-state index contributed by atoms with van der Waals surface area (Å²) in [4.78, 5) is 23.9. The zero-order valence-corrected chi connectivity index (χ0v) is 12.3. The van der Waals surface area contributed by atoms with E-state index < -0.39 is 18.1 Å². The minimum atomic E-state index is -0.748. The van der Waals surface area contributed by atoms with Gasteiger partial charge in [-0.2, -0.15) is 0 Å². The van der Waals surface area contributed by atoms with E-state index in [1.165, 1.54) is 14.2 Å². The minimum absolute atomic E-state index is 0.0697. The predicted molar refractivity (Wildman–Crippen MR) is 75.0 cm³/mol. The molecule has 0 aliphatic carbocycles. The molecule has 0 saturated carbocycles. The molecule has 2 atom stereocenters. The fourth-order valence-corrected chi connectivity index (χ4v) is 1.88. The van der Waals surface area contributed by atoms with Gasteiger partial charge in [0.1, 0.15) is 6.04 Å². The number of hydrogen-bond donors (Lipinski definition) is 1. The third-order valence-corrected chi connectivity index (χ3v) is 3.00. The van der Waals surface area contributed by atoms with Gasteiger partial charge in [0.25, 0.3) is 5.91 Å². The van der Waals surface area contributed by atoms with Crippen LogP contribution in [0.15, 0.2) is 30.3 Å². The average molecular weight is 279 g/mol. The molecule has 5 heteroatoms. The van der Waals surface area contributed by atoms with Crippen molar-refractivity contribution in [3.63, 3.8) is 0 Å². The fraction of sp³-hybridized carbons (Fsp3) is 0.467. The van der Waals surface area contributed by atoms with Gasteiger partial charge in [-0.3, -0.25) is 4.79 Å². The van der Waals surface area contributed by atoms with E-state index in [0.717, 1.165) is 5.56 Å². The summed E-state index contributed by atoms with van der Waals surface area (Å²) in [5.74, 6) is -0.890. The van der Waals surface area contributed by atoms with E-state index in [4.69, 9.17) is 9.47 Å². The molecule has 1 rings (SSSR count). The van der Waals surface area contributed by atoms with Crippen molar-refractivity contribution in [1.29, 1.82) is 0 Å². The molecule has 1 aromatic rings. The SMILES string of the molecule is COC(=O)[C@@H](NC(=O)[C@H](OC)c1ccccc1)C(C)C. The van der Waals surface area contributed by atoms with Crippen LogP contribution < -0.4 is 5.32 Å². The number of nitrogens with one attached hydrogen (secondary N) is 1. The number of ether oxygens (including phenoxy) is 2. The summed E-state index contributed by atoms with van der Waals surface area (Å²) < 4.78 is 9.93. The summed E-state index contributed by atoms with van der Waals surface area (Å²) >= 11 is 0. The van der Waals surface area contributed by atoms with Crippen molar-refractivity contribution in [3.8, 4) is 0 Å². The lowest BCUT2D eigenvalue weighted by Crippen LogP contribution is -2.47. The van der Waals surface area contributed by atoms with Crippen molar-refractivity contribution >= 4 is 11.9 Å². The van der Waals surface area contributed by atoms with Crippen LogP contribution in [0.1, 0.15) is 25.5 Å². The van der Waals surface area contributed by atoms with Crippen molar-refractivity contribution in [2.45, 2.75) is 26.0 Å². The van der Waals surface area contributed by atoms with Crippen LogP contribution in [-0.4, -0.2) is 32.1 Å². The third-order valence-electron chi connectivity index (χ3n) is 3.00. The normalized spacial score (nSPS) is 13.7. The van der Waals surface area contributed by atoms with Crippen LogP contribution in [0.2, 0.25) is 0 Å². The smallest absolute Gasteiger partial charge is 0.328 e. The first-order chi connectivity index (χ1) is 9.51. The molecule has 0 aliphatic heterocycles. The largest absolute Gasteiger partial charge is 0.467 e. The second-order valence-corrected chi connectivity index (χ2v) is 4.78. The standard InChI is InChI=1S/C15H21NO4/c1-10(2)12(15(18)20-4)16-14(17)13(19-3)11-8-6-5-7-9-11/h5-10,12-13H,1-4H3,(H,16,17)/t12-,13+/m0/s1. The second-order valence-electron chi connectivity index (χ2n) is 4.78. The maximum atomic E-state index is 12.3. The van der Waals surface area contributed by atoms with Crippen LogP contribution in [0.5, 0.6) is 0 Å². The summed E-state index contributed by atoms with van der Waals surface area (Å²) in [6, 6.07) is 8.43. The van der Waals surface area contributed by atoms with Crippen LogP contribution in [0.4, 0.5) is 0 Å². The van der Waals surface area contributed by atoms with E-state index in [-0.39, 0.29) is 11.8 Å². The molecule has 1 N–H and O–H groups in total. The highest BCUT2D eigenvalue weighted by Gasteiger charge is 2.29. The van der Waals surface area contributed by atoms with Crippen LogP contribution in [0.3, 0.4) is 0 Å². The Hall–Kier alpha value is -1.88. The summed E-state index contributed by atoms with van der Waals surface area (Å²) in [5, 5.41) is 2.68. The summed E-state index contributed by atoms with van der Waals surface area (Å²) in [6.45, 7) is 3.68. The van der Waals surface area contributed by atoms with Crippen molar-refractivity contribution in [2.75, 3.05) is 14.2 Å².